The van der Waals surface area contributed by atoms with E-state index in [0.29, 0.717) is 5.69 Å². The summed E-state index contributed by atoms with van der Waals surface area (Å²) in [5.41, 5.74) is 13.5. The summed E-state index contributed by atoms with van der Waals surface area (Å²) in [5.74, 6) is 0. The number of rotatable bonds is 3. The second-order valence-electron chi connectivity index (χ2n) is 5.05. The fourth-order valence-corrected chi connectivity index (χ4v) is 1.90. The Morgan fingerprint density at radius 2 is 2.00 bits per heavy atom. The van der Waals surface area contributed by atoms with Crippen molar-refractivity contribution in [2.24, 2.45) is 11.1 Å². The lowest BCUT2D eigenvalue weighted by Crippen LogP contribution is -2.39. The quantitative estimate of drug-likeness (QED) is 0.818. The maximum Gasteiger partial charge on any atom is 0.0813 e. The number of ether oxygens (including phenoxy) is 1. The van der Waals surface area contributed by atoms with Gasteiger partial charge in [0, 0.05) is 30.8 Å². The van der Waals surface area contributed by atoms with Gasteiger partial charge < -0.3 is 16.2 Å². The van der Waals surface area contributed by atoms with Crippen LogP contribution >= 0.6 is 0 Å². The molecule has 1 aromatic rings. The molecule has 4 heteroatoms. The van der Waals surface area contributed by atoms with Crippen LogP contribution in [0.2, 0.25) is 0 Å². The van der Waals surface area contributed by atoms with Crippen molar-refractivity contribution in [3.63, 3.8) is 0 Å². The summed E-state index contributed by atoms with van der Waals surface area (Å²) >= 11 is 0. The van der Waals surface area contributed by atoms with Crippen LogP contribution in [0.4, 0.5) is 5.69 Å². The standard InChI is InChI=1S/C12H21N3O/c1-12(2,3)11(16-4)10(14)8-7-15-6-5-9(8)13/h5-7,10-11H,14H2,1-4H3,(H2,13,15). The summed E-state index contributed by atoms with van der Waals surface area (Å²) < 4.78 is 5.48. The Hall–Kier alpha value is -1.13. The summed E-state index contributed by atoms with van der Waals surface area (Å²) in [5, 5.41) is 0. The van der Waals surface area contributed by atoms with E-state index in [1.54, 1.807) is 25.6 Å². The van der Waals surface area contributed by atoms with E-state index in [2.05, 4.69) is 25.8 Å². The molecule has 1 heterocycles. The Morgan fingerprint density at radius 1 is 1.38 bits per heavy atom. The minimum Gasteiger partial charge on any atom is -0.398 e. The van der Waals surface area contributed by atoms with Crippen LogP contribution in [-0.2, 0) is 4.74 Å². The van der Waals surface area contributed by atoms with Gasteiger partial charge in [-0.1, -0.05) is 20.8 Å². The van der Waals surface area contributed by atoms with Gasteiger partial charge in [0.05, 0.1) is 12.1 Å². The number of anilines is 1. The molecule has 2 atom stereocenters. The number of hydrogen-bond acceptors (Lipinski definition) is 4. The van der Waals surface area contributed by atoms with Crippen molar-refractivity contribution >= 4 is 5.69 Å². The van der Waals surface area contributed by atoms with Gasteiger partial charge in [-0.05, 0) is 11.5 Å². The molecule has 0 aliphatic heterocycles. The highest BCUT2D eigenvalue weighted by Gasteiger charge is 2.32. The average Bonchev–Trinajstić information content (AvgIpc) is 2.17. The fraction of sp³-hybridized carbons (Fsp3) is 0.583. The van der Waals surface area contributed by atoms with Gasteiger partial charge in [-0.2, -0.15) is 0 Å². The SMILES string of the molecule is COC(C(N)c1cnccc1N)C(C)(C)C. The average molecular weight is 223 g/mol. The number of nitrogen functional groups attached to an aromatic ring is 1. The van der Waals surface area contributed by atoms with Crippen LogP contribution in [0, 0.1) is 5.41 Å². The number of hydrogen-bond donors (Lipinski definition) is 2. The van der Waals surface area contributed by atoms with Crippen molar-refractivity contribution in [2.45, 2.75) is 32.9 Å². The van der Waals surface area contributed by atoms with Crippen molar-refractivity contribution in [2.75, 3.05) is 12.8 Å². The van der Waals surface area contributed by atoms with E-state index < -0.39 is 0 Å². The molecule has 0 spiro atoms. The van der Waals surface area contributed by atoms with E-state index in [1.165, 1.54) is 0 Å². The molecule has 1 aromatic heterocycles. The Balaban J connectivity index is 3.01. The summed E-state index contributed by atoms with van der Waals surface area (Å²) in [6.45, 7) is 6.27. The zero-order valence-electron chi connectivity index (χ0n) is 10.4. The largest absolute Gasteiger partial charge is 0.398 e. The van der Waals surface area contributed by atoms with Gasteiger partial charge >= 0.3 is 0 Å². The van der Waals surface area contributed by atoms with Gasteiger partial charge in [0.15, 0.2) is 0 Å². The first-order chi connectivity index (χ1) is 7.38. The molecular weight excluding hydrogens is 202 g/mol. The molecule has 4 N–H and O–H groups in total. The van der Waals surface area contributed by atoms with E-state index in [1.807, 2.05) is 0 Å². The second-order valence-corrected chi connectivity index (χ2v) is 5.05. The van der Waals surface area contributed by atoms with Crippen molar-refractivity contribution in [1.82, 2.24) is 4.98 Å². The number of nitrogens with zero attached hydrogens (tertiary/aromatic N) is 1. The molecular formula is C12H21N3O. The van der Waals surface area contributed by atoms with Crippen LogP contribution in [-0.4, -0.2) is 18.2 Å². The van der Waals surface area contributed by atoms with E-state index in [9.17, 15) is 0 Å². The summed E-state index contributed by atoms with van der Waals surface area (Å²) in [6.07, 6.45) is 3.27. The van der Waals surface area contributed by atoms with Crippen LogP contribution in [0.5, 0.6) is 0 Å². The molecule has 0 radical (unpaired) electrons. The fourth-order valence-electron chi connectivity index (χ4n) is 1.90. The van der Waals surface area contributed by atoms with Crippen molar-refractivity contribution in [3.05, 3.63) is 24.0 Å². The Kier molecular flexibility index (Phi) is 3.88. The van der Waals surface area contributed by atoms with E-state index in [0.717, 1.165) is 5.56 Å². The van der Waals surface area contributed by atoms with E-state index in [4.69, 9.17) is 16.2 Å². The maximum atomic E-state index is 6.19. The molecule has 90 valence electrons. The highest BCUT2D eigenvalue weighted by molar-refractivity contribution is 5.46. The van der Waals surface area contributed by atoms with Gasteiger partial charge in [-0.3, -0.25) is 4.98 Å². The molecule has 0 saturated heterocycles. The van der Waals surface area contributed by atoms with Gasteiger partial charge in [-0.25, -0.2) is 0 Å². The van der Waals surface area contributed by atoms with Crippen molar-refractivity contribution < 1.29 is 4.74 Å². The van der Waals surface area contributed by atoms with Crippen LogP contribution in [0.15, 0.2) is 18.5 Å². The van der Waals surface area contributed by atoms with Gasteiger partial charge in [0.25, 0.3) is 0 Å². The highest BCUT2D eigenvalue weighted by Crippen LogP contribution is 2.32. The summed E-state index contributed by atoms with van der Waals surface area (Å²) in [4.78, 5) is 4.05. The topological polar surface area (TPSA) is 74.2 Å². The zero-order valence-corrected chi connectivity index (χ0v) is 10.4. The van der Waals surface area contributed by atoms with Crippen molar-refractivity contribution in [1.29, 1.82) is 0 Å². The summed E-state index contributed by atoms with van der Waals surface area (Å²) in [7, 11) is 1.67. The van der Waals surface area contributed by atoms with E-state index >= 15 is 0 Å². The molecule has 0 fully saturated rings. The lowest BCUT2D eigenvalue weighted by Gasteiger charge is -2.34. The number of pyridine rings is 1. The van der Waals surface area contributed by atoms with Gasteiger partial charge in [0.2, 0.25) is 0 Å². The Bertz CT molecular complexity index is 346. The van der Waals surface area contributed by atoms with Gasteiger partial charge in [-0.15, -0.1) is 0 Å². The first kappa shape index (κ1) is 12.9. The molecule has 0 saturated carbocycles. The van der Waals surface area contributed by atoms with Crippen LogP contribution in [0.25, 0.3) is 0 Å². The lowest BCUT2D eigenvalue weighted by atomic mass is 9.82. The van der Waals surface area contributed by atoms with Crippen LogP contribution < -0.4 is 11.5 Å². The molecule has 1 rings (SSSR count). The molecule has 2 unspecified atom stereocenters. The molecule has 0 aliphatic carbocycles. The summed E-state index contributed by atoms with van der Waals surface area (Å²) in [6, 6.07) is 1.49. The monoisotopic (exact) mass is 223 g/mol. The minimum atomic E-state index is -0.265. The molecule has 0 amide bonds. The Labute approximate surface area is 97.0 Å². The number of aromatic nitrogens is 1. The van der Waals surface area contributed by atoms with Crippen LogP contribution in [0.1, 0.15) is 32.4 Å². The molecule has 16 heavy (non-hydrogen) atoms. The van der Waals surface area contributed by atoms with Crippen molar-refractivity contribution in [3.8, 4) is 0 Å². The normalized spacial score (nSPS) is 15.8. The molecule has 0 aliphatic rings. The smallest absolute Gasteiger partial charge is 0.0813 e. The number of methoxy groups -OCH3 is 1. The number of nitrogens with two attached hydrogens (primary N) is 2. The Morgan fingerprint density at radius 3 is 2.44 bits per heavy atom. The van der Waals surface area contributed by atoms with E-state index in [-0.39, 0.29) is 17.6 Å². The third-order valence-corrected chi connectivity index (χ3v) is 2.68. The molecule has 0 bridgehead atoms. The van der Waals surface area contributed by atoms with Gasteiger partial charge in [0.1, 0.15) is 0 Å². The molecule has 0 aromatic carbocycles. The predicted octanol–water partition coefficient (Wildman–Crippen LogP) is 1.72. The second kappa shape index (κ2) is 4.80. The minimum absolute atomic E-state index is 0.0452. The maximum absolute atomic E-state index is 6.19. The third-order valence-electron chi connectivity index (χ3n) is 2.68. The first-order valence-electron chi connectivity index (χ1n) is 5.35. The highest BCUT2D eigenvalue weighted by atomic mass is 16.5. The predicted molar refractivity (Wildman–Crippen MR) is 65.8 cm³/mol. The van der Waals surface area contributed by atoms with Crippen LogP contribution in [0.3, 0.4) is 0 Å². The zero-order chi connectivity index (χ0) is 12.3. The third kappa shape index (κ3) is 2.71. The molecule has 4 nitrogen and oxygen atoms in total. The lowest BCUT2D eigenvalue weighted by molar-refractivity contribution is -0.00234. The first-order valence-corrected chi connectivity index (χ1v) is 5.35.